The molecule has 1 N–H and O–H groups in total. The number of fused-ring (bicyclic) bond motifs is 1. The zero-order valence-electron chi connectivity index (χ0n) is 14.6. The molecule has 0 saturated carbocycles. The average Bonchev–Trinajstić information content (AvgIpc) is 3.11. The van der Waals surface area contributed by atoms with E-state index in [2.05, 4.69) is 10.3 Å². The zero-order valence-corrected chi connectivity index (χ0v) is 15.4. The predicted octanol–water partition coefficient (Wildman–Crippen LogP) is 5.89. The van der Waals surface area contributed by atoms with Gasteiger partial charge in [-0.05, 0) is 55.0 Å². The number of oxazole rings is 1. The molecule has 0 spiro atoms. The summed E-state index contributed by atoms with van der Waals surface area (Å²) in [6, 6.07) is 22.5. The minimum absolute atomic E-state index is 0.108. The number of hydrogen-bond acceptors (Lipinski definition) is 3. The Hall–Kier alpha value is -3.11. The van der Waals surface area contributed by atoms with Gasteiger partial charge in [0.05, 0.1) is 5.92 Å². The smallest absolute Gasteiger partial charge is 0.231 e. The highest BCUT2D eigenvalue weighted by atomic mass is 35.5. The van der Waals surface area contributed by atoms with Gasteiger partial charge in [0, 0.05) is 16.3 Å². The normalized spacial score (nSPS) is 12.1. The van der Waals surface area contributed by atoms with E-state index in [0.717, 1.165) is 11.1 Å². The van der Waals surface area contributed by atoms with Crippen molar-refractivity contribution in [2.45, 2.75) is 12.8 Å². The Morgan fingerprint density at radius 1 is 1.04 bits per heavy atom. The van der Waals surface area contributed by atoms with Crippen LogP contribution in [0.25, 0.3) is 22.6 Å². The topological polar surface area (TPSA) is 55.1 Å². The van der Waals surface area contributed by atoms with Crippen molar-refractivity contribution in [1.29, 1.82) is 0 Å². The van der Waals surface area contributed by atoms with Crippen LogP contribution in [-0.4, -0.2) is 10.9 Å². The number of nitrogens with zero attached hydrogens (tertiary/aromatic N) is 1. The largest absolute Gasteiger partial charge is 0.436 e. The molecule has 1 atom stereocenters. The van der Waals surface area contributed by atoms with Crippen molar-refractivity contribution in [2.75, 3.05) is 5.32 Å². The summed E-state index contributed by atoms with van der Waals surface area (Å²) >= 11 is 6.02. The second kappa shape index (κ2) is 7.25. The maximum Gasteiger partial charge on any atom is 0.231 e. The number of amides is 1. The third-order valence-corrected chi connectivity index (χ3v) is 4.65. The van der Waals surface area contributed by atoms with E-state index >= 15 is 0 Å². The van der Waals surface area contributed by atoms with E-state index in [0.29, 0.717) is 27.7 Å². The molecule has 1 amide bonds. The van der Waals surface area contributed by atoms with Crippen LogP contribution in [0, 0.1) is 0 Å². The lowest BCUT2D eigenvalue weighted by molar-refractivity contribution is -0.117. The second-order valence-corrected chi connectivity index (χ2v) is 6.77. The molecule has 0 radical (unpaired) electrons. The van der Waals surface area contributed by atoms with Gasteiger partial charge in [-0.2, -0.15) is 0 Å². The molecular formula is C22H17ClN2O2. The van der Waals surface area contributed by atoms with Crippen molar-refractivity contribution in [3.8, 4) is 11.5 Å². The van der Waals surface area contributed by atoms with Gasteiger partial charge < -0.3 is 9.73 Å². The molecule has 4 rings (SSSR count). The third-order valence-electron chi connectivity index (χ3n) is 4.42. The molecular weight excluding hydrogens is 360 g/mol. The van der Waals surface area contributed by atoms with E-state index < -0.39 is 0 Å². The highest BCUT2D eigenvalue weighted by molar-refractivity contribution is 6.30. The van der Waals surface area contributed by atoms with E-state index in [1.165, 1.54) is 0 Å². The Morgan fingerprint density at radius 3 is 2.63 bits per heavy atom. The molecule has 1 aromatic heterocycles. The summed E-state index contributed by atoms with van der Waals surface area (Å²) in [7, 11) is 0. The van der Waals surface area contributed by atoms with Crippen LogP contribution in [0.1, 0.15) is 18.4 Å². The summed E-state index contributed by atoms with van der Waals surface area (Å²) in [6.07, 6.45) is 0. The second-order valence-electron chi connectivity index (χ2n) is 6.33. The first kappa shape index (κ1) is 17.3. The first-order chi connectivity index (χ1) is 13.1. The number of anilines is 1. The summed E-state index contributed by atoms with van der Waals surface area (Å²) in [5, 5.41) is 3.55. The van der Waals surface area contributed by atoms with Crippen LogP contribution in [-0.2, 0) is 4.79 Å². The average molecular weight is 377 g/mol. The molecule has 1 unspecified atom stereocenters. The van der Waals surface area contributed by atoms with Gasteiger partial charge >= 0.3 is 0 Å². The number of benzene rings is 3. The Bertz CT molecular complexity index is 1110. The SMILES string of the molecule is CC(C(=O)Nc1ccc2oc(-c3ccccc3)nc2c1)c1cccc(Cl)c1. The summed E-state index contributed by atoms with van der Waals surface area (Å²) in [5.74, 6) is 0.126. The first-order valence-corrected chi connectivity index (χ1v) is 9.00. The van der Waals surface area contributed by atoms with Crippen molar-refractivity contribution in [2.24, 2.45) is 0 Å². The Kier molecular flexibility index (Phi) is 4.65. The molecule has 0 saturated heterocycles. The number of rotatable bonds is 4. The molecule has 4 nitrogen and oxygen atoms in total. The summed E-state index contributed by atoms with van der Waals surface area (Å²) < 4.78 is 5.81. The van der Waals surface area contributed by atoms with Gasteiger partial charge in [0.15, 0.2) is 5.58 Å². The minimum Gasteiger partial charge on any atom is -0.436 e. The van der Waals surface area contributed by atoms with Crippen LogP contribution in [0.4, 0.5) is 5.69 Å². The van der Waals surface area contributed by atoms with Crippen molar-refractivity contribution >= 4 is 34.3 Å². The predicted molar refractivity (Wildman–Crippen MR) is 108 cm³/mol. The van der Waals surface area contributed by atoms with E-state index in [1.54, 1.807) is 12.1 Å². The number of nitrogens with one attached hydrogen (secondary N) is 1. The van der Waals surface area contributed by atoms with Gasteiger partial charge in [-0.15, -0.1) is 0 Å². The van der Waals surface area contributed by atoms with Gasteiger partial charge in [-0.1, -0.05) is 41.9 Å². The molecule has 0 aliphatic carbocycles. The van der Waals surface area contributed by atoms with Crippen molar-refractivity contribution in [1.82, 2.24) is 4.98 Å². The number of hydrogen-bond donors (Lipinski definition) is 1. The van der Waals surface area contributed by atoms with Crippen LogP contribution in [0.2, 0.25) is 5.02 Å². The molecule has 5 heteroatoms. The van der Waals surface area contributed by atoms with Crippen molar-refractivity contribution in [3.05, 3.63) is 83.4 Å². The Labute approximate surface area is 161 Å². The molecule has 27 heavy (non-hydrogen) atoms. The fourth-order valence-electron chi connectivity index (χ4n) is 2.89. The van der Waals surface area contributed by atoms with Gasteiger partial charge in [-0.3, -0.25) is 4.79 Å². The molecule has 1 heterocycles. The maximum atomic E-state index is 12.6. The third kappa shape index (κ3) is 3.71. The zero-order chi connectivity index (χ0) is 18.8. The minimum atomic E-state index is -0.323. The van der Waals surface area contributed by atoms with Crippen LogP contribution in [0.15, 0.2) is 77.2 Å². The highest BCUT2D eigenvalue weighted by Gasteiger charge is 2.16. The lowest BCUT2D eigenvalue weighted by Gasteiger charge is -2.12. The summed E-state index contributed by atoms with van der Waals surface area (Å²) in [6.45, 7) is 1.85. The number of halogens is 1. The van der Waals surface area contributed by atoms with Gasteiger partial charge in [0.2, 0.25) is 11.8 Å². The molecule has 0 aliphatic rings. The lowest BCUT2D eigenvalue weighted by Crippen LogP contribution is -2.18. The van der Waals surface area contributed by atoms with Crippen LogP contribution >= 0.6 is 11.6 Å². The van der Waals surface area contributed by atoms with Gasteiger partial charge in [-0.25, -0.2) is 4.98 Å². The van der Waals surface area contributed by atoms with Crippen LogP contribution in [0.5, 0.6) is 0 Å². The van der Waals surface area contributed by atoms with E-state index in [-0.39, 0.29) is 11.8 Å². The lowest BCUT2D eigenvalue weighted by atomic mass is 10.0. The van der Waals surface area contributed by atoms with Crippen LogP contribution < -0.4 is 5.32 Å². The fourth-order valence-corrected chi connectivity index (χ4v) is 3.09. The van der Waals surface area contributed by atoms with E-state index in [4.69, 9.17) is 16.0 Å². The molecule has 4 aromatic rings. The molecule has 3 aromatic carbocycles. The summed E-state index contributed by atoms with van der Waals surface area (Å²) in [5.41, 5.74) is 3.83. The number of aromatic nitrogens is 1. The standard InChI is InChI=1S/C22H17ClN2O2/c1-14(16-8-5-9-17(23)12-16)21(26)24-18-10-11-20-19(13-18)25-22(27-20)15-6-3-2-4-7-15/h2-14H,1H3,(H,24,26). The monoisotopic (exact) mass is 376 g/mol. The molecule has 0 aliphatic heterocycles. The molecule has 134 valence electrons. The van der Waals surface area contributed by atoms with E-state index in [9.17, 15) is 4.79 Å². The van der Waals surface area contributed by atoms with E-state index in [1.807, 2.05) is 67.6 Å². The van der Waals surface area contributed by atoms with Crippen molar-refractivity contribution in [3.63, 3.8) is 0 Å². The van der Waals surface area contributed by atoms with Gasteiger partial charge in [0.25, 0.3) is 0 Å². The first-order valence-electron chi connectivity index (χ1n) is 8.62. The molecule has 0 bridgehead atoms. The number of carbonyl (C=O) groups is 1. The number of carbonyl (C=O) groups excluding carboxylic acids is 1. The Morgan fingerprint density at radius 2 is 1.85 bits per heavy atom. The fraction of sp³-hybridized carbons (Fsp3) is 0.0909. The Balaban J connectivity index is 1.56. The molecule has 0 fully saturated rings. The maximum absolute atomic E-state index is 12.6. The quantitative estimate of drug-likeness (QED) is 0.483. The summed E-state index contributed by atoms with van der Waals surface area (Å²) in [4.78, 5) is 17.1. The highest BCUT2D eigenvalue weighted by Crippen LogP contribution is 2.27. The van der Waals surface area contributed by atoms with Crippen LogP contribution in [0.3, 0.4) is 0 Å². The van der Waals surface area contributed by atoms with Crippen molar-refractivity contribution < 1.29 is 9.21 Å². The van der Waals surface area contributed by atoms with Gasteiger partial charge in [0.1, 0.15) is 5.52 Å².